The van der Waals surface area contributed by atoms with E-state index in [0.29, 0.717) is 11.7 Å². The Balaban J connectivity index is 1.72. The summed E-state index contributed by atoms with van der Waals surface area (Å²) < 4.78 is 0. The normalized spacial score (nSPS) is 27.6. The Morgan fingerprint density at radius 2 is 1.95 bits per heavy atom. The van der Waals surface area contributed by atoms with E-state index in [1.807, 2.05) is 36.4 Å². The quantitative estimate of drug-likeness (QED) is 0.756. The van der Waals surface area contributed by atoms with Crippen molar-refractivity contribution in [2.45, 2.75) is 18.8 Å². The maximum absolute atomic E-state index is 12.6. The number of rotatable bonds is 1. The Morgan fingerprint density at radius 3 is 2.74 bits per heavy atom. The monoisotopic (exact) mass is 268 g/mol. The molecule has 0 bridgehead atoms. The summed E-state index contributed by atoms with van der Waals surface area (Å²) in [5, 5.41) is 0.752. The van der Waals surface area contributed by atoms with Crippen molar-refractivity contribution in [1.29, 1.82) is 0 Å². The highest BCUT2D eigenvalue weighted by molar-refractivity contribution is 6.30. The number of hydrogen-bond acceptors (Lipinski definition) is 1. The Hall–Kier alpha value is -1.60. The first-order chi connectivity index (χ1) is 9.21. The van der Waals surface area contributed by atoms with Crippen LogP contribution >= 0.6 is 11.6 Å². The maximum atomic E-state index is 12.6. The van der Waals surface area contributed by atoms with Gasteiger partial charge in [-0.15, -0.1) is 0 Å². The molecule has 0 heterocycles. The van der Waals surface area contributed by atoms with E-state index in [1.165, 1.54) is 11.1 Å². The predicted molar refractivity (Wildman–Crippen MR) is 75.7 cm³/mol. The number of ketones is 1. The largest absolute Gasteiger partial charge is 0.294 e. The summed E-state index contributed by atoms with van der Waals surface area (Å²) in [7, 11) is 0. The molecule has 2 heteroatoms. The van der Waals surface area contributed by atoms with Crippen molar-refractivity contribution in [1.82, 2.24) is 0 Å². The van der Waals surface area contributed by atoms with Gasteiger partial charge in [-0.1, -0.05) is 48.0 Å². The minimum absolute atomic E-state index is 0.172. The Labute approximate surface area is 117 Å². The molecule has 0 amide bonds. The smallest absolute Gasteiger partial charge is 0.170 e. The third-order valence-corrected chi connectivity index (χ3v) is 4.78. The molecule has 0 radical (unpaired) electrons. The van der Waals surface area contributed by atoms with E-state index < -0.39 is 0 Å². The number of carbonyl (C=O) groups is 1. The zero-order valence-electron chi connectivity index (χ0n) is 10.4. The number of hydrogen-bond donors (Lipinski definition) is 0. The zero-order valence-corrected chi connectivity index (χ0v) is 11.2. The van der Waals surface area contributed by atoms with Crippen LogP contribution < -0.4 is 0 Å². The molecule has 2 aromatic carbocycles. The lowest BCUT2D eigenvalue weighted by Gasteiger charge is -2.07. The highest BCUT2D eigenvalue weighted by Crippen LogP contribution is 2.65. The molecule has 0 unspecified atom stereocenters. The summed E-state index contributed by atoms with van der Waals surface area (Å²) in [6.07, 6.45) is 1.85. The Bertz CT molecular complexity index is 691. The van der Waals surface area contributed by atoms with Gasteiger partial charge in [0.1, 0.15) is 0 Å². The van der Waals surface area contributed by atoms with Gasteiger partial charge < -0.3 is 0 Å². The van der Waals surface area contributed by atoms with E-state index in [-0.39, 0.29) is 5.41 Å². The maximum Gasteiger partial charge on any atom is 0.170 e. The second-order valence-corrected chi connectivity index (χ2v) is 6.07. The minimum atomic E-state index is -0.172. The van der Waals surface area contributed by atoms with E-state index in [1.54, 1.807) is 0 Å². The highest BCUT2D eigenvalue weighted by atomic mass is 35.5. The lowest BCUT2D eigenvalue weighted by Crippen LogP contribution is -2.12. The molecule has 0 saturated heterocycles. The van der Waals surface area contributed by atoms with Gasteiger partial charge >= 0.3 is 0 Å². The first-order valence-electron chi connectivity index (χ1n) is 6.59. The second-order valence-electron chi connectivity index (χ2n) is 5.63. The molecule has 1 saturated carbocycles. The fraction of sp³-hybridized carbons (Fsp3) is 0.235. The van der Waals surface area contributed by atoms with Crippen LogP contribution in [0.3, 0.4) is 0 Å². The van der Waals surface area contributed by atoms with Crippen LogP contribution in [0.4, 0.5) is 0 Å². The van der Waals surface area contributed by atoms with E-state index >= 15 is 0 Å². The highest BCUT2D eigenvalue weighted by Gasteiger charge is 2.63. The molecule has 2 aliphatic rings. The summed E-state index contributed by atoms with van der Waals surface area (Å²) in [6, 6.07) is 15.9. The summed E-state index contributed by atoms with van der Waals surface area (Å²) in [5.41, 5.74) is 3.16. The minimum Gasteiger partial charge on any atom is -0.294 e. The average molecular weight is 269 g/mol. The predicted octanol–water partition coefficient (Wildman–Crippen LogP) is 4.25. The fourth-order valence-electron chi connectivity index (χ4n) is 3.50. The summed E-state index contributed by atoms with van der Waals surface area (Å²) >= 11 is 6.05. The first kappa shape index (κ1) is 11.2. The van der Waals surface area contributed by atoms with Gasteiger partial charge in [-0.25, -0.2) is 0 Å². The van der Waals surface area contributed by atoms with Gasteiger partial charge in [-0.05, 0) is 42.0 Å². The standard InChI is InChI=1S/C17H13ClO/c18-13-6-3-5-11(8-13)15-10-17(15)9-12-4-1-2-7-14(12)16(17)19/h1-8,15H,9-10H2/t15-,17+/m0/s1. The van der Waals surface area contributed by atoms with Crippen molar-refractivity contribution in [3.8, 4) is 0 Å². The van der Waals surface area contributed by atoms with Crippen molar-refractivity contribution in [3.63, 3.8) is 0 Å². The van der Waals surface area contributed by atoms with Crippen LogP contribution in [0.25, 0.3) is 0 Å². The molecule has 2 atom stereocenters. The summed E-state index contributed by atoms with van der Waals surface area (Å²) in [6.45, 7) is 0. The molecule has 1 spiro atoms. The number of fused-ring (bicyclic) bond motifs is 1. The molecule has 2 aromatic rings. The van der Waals surface area contributed by atoms with Crippen LogP contribution in [0.15, 0.2) is 48.5 Å². The molecule has 1 fully saturated rings. The van der Waals surface area contributed by atoms with Crippen molar-refractivity contribution < 1.29 is 4.79 Å². The molecule has 2 aliphatic carbocycles. The third kappa shape index (κ3) is 1.51. The summed E-state index contributed by atoms with van der Waals surface area (Å²) in [5.74, 6) is 0.666. The van der Waals surface area contributed by atoms with E-state index in [2.05, 4.69) is 12.1 Å². The first-order valence-corrected chi connectivity index (χ1v) is 6.97. The van der Waals surface area contributed by atoms with E-state index in [0.717, 1.165) is 23.4 Å². The van der Waals surface area contributed by atoms with Gasteiger partial charge in [-0.2, -0.15) is 0 Å². The lowest BCUT2D eigenvalue weighted by atomic mass is 9.95. The van der Waals surface area contributed by atoms with Crippen molar-refractivity contribution >= 4 is 17.4 Å². The number of Topliss-reactive ketones (excluding diaryl/α,β-unsaturated/α-hetero) is 1. The fourth-order valence-corrected chi connectivity index (χ4v) is 3.69. The lowest BCUT2D eigenvalue weighted by molar-refractivity contribution is 0.0914. The SMILES string of the molecule is O=C1c2ccccc2C[C@]12C[C@H]2c1cccc(Cl)c1. The third-order valence-electron chi connectivity index (χ3n) is 4.55. The van der Waals surface area contributed by atoms with Gasteiger partial charge in [0.15, 0.2) is 5.78 Å². The van der Waals surface area contributed by atoms with Crippen LogP contribution in [0.5, 0.6) is 0 Å². The Morgan fingerprint density at radius 1 is 1.11 bits per heavy atom. The zero-order chi connectivity index (χ0) is 13.0. The molecule has 0 aliphatic heterocycles. The van der Waals surface area contributed by atoms with Crippen LogP contribution in [-0.2, 0) is 6.42 Å². The summed E-state index contributed by atoms with van der Waals surface area (Å²) in [4.78, 5) is 12.6. The van der Waals surface area contributed by atoms with Crippen molar-refractivity contribution in [2.24, 2.45) is 5.41 Å². The molecule has 0 aromatic heterocycles. The van der Waals surface area contributed by atoms with Gasteiger partial charge in [0.2, 0.25) is 0 Å². The van der Waals surface area contributed by atoms with Gasteiger partial charge in [-0.3, -0.25) is 4.79 Å². The molecule has 19 heavy (non-hydrogen) atoms. The van der Waals surface area contributed by atoms with Crippen LogP contribution in [-0.4, -0.2) is 5.78 Å². The molecule has 0 N–H and O–H groups in total. The second kappa shape index (κ2) is 3.71. The van der Waals surface area contributed by atoms with Gasteiger partial charge in [0.25, 0.3) is 0 Å². The molecule has 94 valence electrons. The van der Waals surface area contributed by atoms with Crippen LogP contribution in [0.2, 0.25) is 5.02 Å². The van der Waals surface area contributed by atoms with E-state index in [9.17, 15) is 4.79 Å². The number of benzene rings is 2. The topological polar surface area (TPSA) is 17.1 Å². The van der Waals surface area contributed by atoms with E-state index in [4.69, 9.17) is 11.6 Å². The molecule has 4 rings (SSSR count). The van der Waals surface area contributed by atoms with Crippen molar-refractivity contribution in [3.05, 3.63) is 70.2 Å². The molecular formula is C17H13ClO. The number of carbonyl (C=O) groups excluding carboxylic acids is 1. The molecular weight excluding hydrogens is 256 g/mol. The molecule has 1 nitrogen and oxygen atoms in total. The van der Waals surface area contributed by atoms with Gasteiger partial charge in [0, 0.05) is 16.0 Å². The van der Waals surface area contributed by atoms with Gasteiger partial charge in [0.05, 0.1) is 0 Å². The van der Waals surface area contributed by atoms with Crippen LogP contribution in [0, 0.1) is 5.41 Å². The van der Waals surface area contributed by atoms with Crippen molar-refractivity contribution in [2.75, 3.05) is 0 Å². The van der Waals surface area contributed by atoms with Crippen LogP contribution in [0.1, 0.15) is 33.8 Å². The average Bonchev–Trinajstić information content (AvgIpc) is 3.07. The Kier molecular flexibility index (Phi) is 2.19. The number of halogens is 1.